The van der Waals surface area contributed by atoms with E-state index < -0.39 is 51.0 Å². The second-order valence-corrected chi connectivity index (χ2v) is 15.9. The molecular weight excluding hydrogens is 726 g/mol. The number of rotatable bonds is 18. The molecule has 0 heterocycles. The third-order valence-corrected chi connectivity index (χ3v) is 11.0. The van der Waals surface area contributed by atoms with Crippen LogP contribution in [0, 0.1) is 0 Å². The molecule has 0 spiro atoms. The van der Waals surface area contributed by atoms with Crippen molar-refractivity contribution in [3.8, 4) is 5.75 Å². The second-order valence-electron chi connectivity index (χ2n) is 11.7. The minimum Gasteiger partial charge on any atom is -1.00 e. The molecule has 0 unspecified atom stereocenters. The van der Waals surface area contributed by atoms with Gasteiger partial charge in [0.05, 0.1) is 0 Å². The van der Waals surface area contributed by atoms with E-state index in [1.807, 2.05) is 0 Å². The van der Waals surface area contributed by atoms with Crippen molar-refractivity contribution in [2.24, 2.45) is 0 Å². The molecule has 4 rings (SSSR count). The van der Waals surface area contributed by atoms with E-state index in [2.05, 4.69) is 6.92 Å². The van der Waals surface area contributed by atoms with Gasteiger partial charge < -0.3 is 9.02 Å². The summed E-state index contributed by atoms with van der Waals surface area (Å²) in [5.41, 5.74) is 0. The molecule has 49 heavy (non-hydrogen) atoms. The molecule has 0 amide bonds. The molecule has 0 aromatic heterocycles. The van der Waals surface area contributed by atoms with Gasteiger partial charge in [0.25, 0.3) is 30.4 Å². The van der Waals surface area contributed by atoms with Gasteiger partial charge in [-0.3, -0.25) is 18.5 Å². The summed E-state index contributed by atoms with van der Waals surface area (Å²) in [6, 6.07) is 6.51. The molecule has 0 atom stereocenters. The number of ether oxygens (including phenoxy) is 1. The standard InChI is InChI=1S/C32H40O11S3.3Na.3H/c1-2-3-4-5-6-7-8-9-10-11-12-13-14-15-30(33)43-26-20-27(44(34,35)36)23-18-19-25-29(46(40,41)42)21-28(45(37,38)39)24-17-16-22(26)31(23)32(24)25;;;;;;/h16-21H,2-15H2,1H3,(H,34,35,36)(H,37,38,39)(H,40,41,42);;;;;;/q;3*+1;3*-1. The molecule has 11 nitrogen and oxygen atoms in total. The van der Waals surface area contributed by atoms with Crippen LogP contribution in [0.3, 0.4) is 0 Å². The van der Waals surface area contributed by atoms with Gasteiger partial charge in [-0.25, -0.2) is 0 Å². The number of esters is 1. The molecule has 0 aliphatic carbocycles. The molecule has 0 bridgehead atoms. The van der Waals surface area contributed by atoms with Crippen LogP contribution in [0.4, 0.5) is 0 Å². The van der Waals surface area contributed by atoms with Crippen molar-refractivity contribution in [1.29, 1.82) is 0 Å². The molecule has 17 heteroatoms. The number of benzene rings is 4. The van der Waals surface area contributed by atoms with Crippen LogP contribution in [0.2, 0.25) is 0 Å². The van der Waals surface area contributed by atoms with Crippen molar-refractivity contribution >= 4 is 68.6 Å². The summed E-state index contributed by atoms with van der Waals surface area (Å²) >= 11 is 0. The summed E-state index contributed by atoms with van der Waals surface area (Å²) in [6.45, 7) is 2.21. The fourth-order valence-corrected chi connectivity index (χ4v) is 8.26. The summed E-state index contributed by atoms with van der Waals surface area (Å²) in [7, 11) is -15.0. The smallest absolute Gasteiger partial charge is 1.00 e. The molecule has 0 radical (unpaired) electrons. The van der Waals surface area contributed by atoms with Crippen molar-refractivity contribution in [1.82, 2.24) is 0 Å². The molecule has 0 aliphatic heterocycles. The largest absolute Gasteiger partial charge is 1.00 e. The Hall–Kier alpha value is 0.120. The quantitative estimate of drug-likeness (QED) is 0.0283. The molecule has 258 valence electrons. The Morgan fingerprint density at radius 1 is 0.551 bits per heavy atom. The SMILES string of the molecule is CCCCCCCCCCCCCCCC(=O)Oc1cc(S(=O)(=O)O)c2ccc3c(S(=O)(=O)O)cc(S(=O)(=O)O)c4ccc1c2c43.[H-].[H-].[H-].[Na+].[Na+].[Na+]. The van der Waals surface area contributed by atoms with Crippen LogP contribution < -0.4 is 93.4 Å². The van der Waals surface area contributed by atoms with Crippen LogP contribution >= 0.6 is 0 Å². The Balaban J connectivity index is -0.00000400. The first-order valence-electron chi connectivity index (χ1n) is 15.6. The average molecular weight is 769 g/mol. The van der Waals surface area contributed by atoms with E-state index in [1.165, 1.54) is 69.6 Å². The summed E-state index contributed by atoms with van der Waals surface area (Å²) in [4.78, 5) is 10.5. The summed E-state index contributed by atoms with van der Waals surface area (Å²) in [6.07, 6.45) is 14.7. The van der Waals surface area contributed by atoms with E-state index in [0.29, 0.717) is 12.5 Å². The maximum atomic E-state index is 12.8. The van der Waals surface area contributed by atoms with Crippen molar-refractivity contribution < 1.29 is 141 Å². The van der Waals surface area contributed by atoms with E-state index in [1.54, 1.807) is 0 Å². The Morgan fingerprint density at radius 3 is 1.27 bits per heavy atom. The number of hydrogen-bond donors (Lipinski definition) is 3. The number of carbonyl (C=O) groups excluding carboxylic acids is 1. The number of carbonyl (C=O) groups is 1. The maximum Gasteiger partial charge on any atom is 1.00 e. The molecule has 0 saturated heterocycles. The van der Waals surface area contributed by atoms with Crippen LogP contribution in [0.25, 0.3) is 32.3 Å². The maximum absolute atomic E-state index is 12.8. The van der Waals surface area contributed by atoms with Gasteiger partial charge in [-0.15, -0.1) is 0 Å². The van der Waals surface area contributed by atoms with Crippen molar-refractivity contribution in [2.75, 3.05) is 0 Å². The third-order valence-electron chi connectivity index (χ3n) is 8.29. The normalized spacial score (nSPS) is 12.1. The number of hydrogen-bond acceptors (Lipinski definition) is 8. The Labute approximate surface area is 359 Å². The van der Waals surface area contributed by atoms with Crippen molar-refractivity contribution in [2.45, 2.75) is 112 Å². The average Bonchev–Trinajstić information content (AvgIpc) is 2.96. The predicted molar refractivity (Wildman–Crippen MR) is 179 cm³/mol. The third kappa shape index (κ3) is 12.3. The summed E-state index contributed by atoms with van der Waals surface area (Å²) in [5, 5.41) is -0.561. The Morgan fingerprint density at radius 2 is 0.878 bits per heavy atom. The second kappa shape index (κ2) is 20.5. The summed E-state index contributed by atoms with van der Waals surface area (Å²) in [5.74, 6) is -0.906. The van der Waals surface area contributed by atoms with Crippen molar-refractivity contribution in [3.05, 3.63) is 36.4 Å². The fourth-order valence-electron chi connectivity index (χ4n) is 6.05. The zero-order chi connectivity index (χ0) is 33.7. The summed E-state index contributed by atoms with van der Waals surface area (Å²) < 4.78 is 109. The minimum atomic E-state index is -5.03. The zero-order valence-corrected chi connectivity index (χ0v) is 37.1. The van der Waals surface area contributed by atoms with Crippen LogP contribution in [-0.4, -0.2) is 44.9 Å². The molecule has 0 fully saturated rings. The molecule has 0 saturated carbocycles. The van der Waals surface area contributed by atoms with Gasteiger partial charge in [-0.05, 0) is 18.6 Å². The van der Waals surface area contributed by atoms with E-state index in [0.717, 1.165) is 37.8 Å². The first-order chi connectivity index (χ1) is 21.6. The van der Waals surface area contributed by atoms with Gasteiger partial charge in [0.15, 0.2) is 0 Å². The van der Waals surface area contributed by atoms with Gasteiger partial charge >= 0.3 is 94.6 Å². The van der Waals surface area contributed by atoms with Crippen LogP contribution in [0.15, 0.2) is 51.1 Å². The van der Waals surface area contributed by atoms with E-state index in [4.69, 9.17) is 4.74 Å². The van der Waals surface area contributed by atoms with Gasteiger partial charge in [-0.2, -0.15) is 25.3 Å². The van der Waals surface area contributed by atoms with Crippen LogP contribution in [0.5, 0.6) is 5.75 Å². The van der Waals surface area contributed by atoms with Crippen LogP contribution in [-0.2, 0) is 35.1 Å². The first kappa shape index (κ1) is 47.1. The van der Waals surface area contributed by atoms with Gasteiger partial charge in [-0.1, -0.05) is 102 Å². The molecule has 3 N–H and O–H groups in total. The van der Waals surface area contributed by atoms with Gasteiger partial charge in [0.2, 0.25) is 0 Å². The monoisotopic (exact) mass is 768 g/mol. The molecule has 4 aromatic rings. The van der Waals surface area contributed by atoms with E-state index in [-0.39, 0.29) is 137 Å². The number of unbranched alkanes of at least 4 members (excludes halogenated alkanes) is 12. The Kier molecular flexibility index (Phi) is 19.8. The fraction of sp³-hybridized carbons (Fsp3) is 0.469. The predicted octanol–water partition coefficient (Wildman–Crippen LogP) is -0.940. The molecule has 4 aromatic carbocycles. The Bertz CT molecular complexity index is 2020. The van der Waals surface area contributed by atoms with Gasteiger partial charge in [0, 0.05) is 44.8 Å². The zero-order valence-electron chi connectivity index (χ0n) is 31.7. The first-order valence-corrected chi connectivity index (χ1v) is 19.9. The van der Waals surface area contributed by atoms with Gasteiger partial charge in [0.1, 0.15) is 20.4 Å². The minimum absolute atomic E-state index is 0. The topological polar surface area (TPSA) is 189 Å². The van der Waals surface area contributed by atoms with E-state index in [9.17, 15) is 43.7 Å². The van der Waals surface area contributed by atoms with E-state index >= 15 is 0 Å². The molecular formula is C32H43Na3O11S3. The van der Waals surface area contributed by atoms with Crippen LogP contribution in [0.1, 0.15) is 101 Å². The molecule has 0 aliphatic rings. The van der Waals surface area contributed by atoms with Crippen molar-refractivity contribution in [3.63, 3.8) is 0 Å².